The molecule has 0 spiro atoms. The number of rotatable bonds is 6. The van der Waals surface area contributed by atoms with Crippen LogP contribution in [0.15, 0.2) is 12.7 Å². The molecule has 112 valence electrons. The highest BCUT2D eigenvalue weighted by molar-refractivity contribution is 7.32. The van der Waals surface area contributed by atoms with Crippen molar-refractivity contribution in [3.8, 4) is 0 Å². The van der Waals surface area contributed by atoms with E-state index in [9.17, 15) is 4.57 Å². The maximum absolute atomic E-state index is 10.3. The second-order valence-electron chi connectivity index (χ2n) is 3.83. The van der Waals surface area contributed by atoms with Gasteiger partial charge in [0.2, 0.25) is 0 Å². The Morgan fingerprint density at radius 3 is 2.95 bits per heavy atom. The van der Waals surface area contributed by atoms with Gasteiger partial charge in [-0.1, -0.05) is 0 Å². The molecule has 0 saturated carbocycles. The lowest BCUT2D eigenvalue weighted by Crippen LogP contribution is -2.17. The highest BCUT2D eigenvalue weighted by Crippen LogP contribution is 2.16. The van der Waals surface area contributed by atoms with E-state index in [0.29, 0.717) is 23.5 Å². The zero-order valence-electron chi connectivity index (χ0n) is 10.9. The van der Waals surface area contributed by atoms with Gasteiger partial charge in [0.15, 0.2) is 18.3 Å². The molecule has 0 aliphatic carbocycles. The molecule has 0 aromatic carbocycles. The molecule has 0 aliphatic heterocycles. The SMILES string of the molecule is C[C@H](Cn1cnc2c(N)ncnc21)OCO[PH](=O)O.N. The minimum absolute atomic E-state index is 0. The van der Waals surface area contributed by atoms with Crippen LogP contribution in [0.3, 0.4) is 0 Å². The highest BCUT2D eigenvalue weighted by Gasteiger charge is 2.11. The molecule has 6 N–H and O–H groups in total. The first-order valence-electron chi connectivity index (χ1n) is 5.46. The summed E-state index contributed by atoms with van der Waals surface area (Å²) in [6.45, 7) is 2.02. The summed E-state index contributed by atoms with van der Waals surface area (Å²) in [5, 5.41) is 0. The summed E-state index contributed by atoms with van der Waals surface area (Å²) < 4.78 is 21.8. The van der Waals surface area contributed by atoms with Crippen molar-refractivity contribution in [2.75, 3.05) is 12.5 Å². The van der Waals surface area contributed by atoms with Crippen molar-refractivity contribution in [1.29, 1.82) is 0 Å². The predicted molar refractivity (Wildman–Crippen MR) is 72.5 cm³/mol. The third-order valence-electron chi connectivity index (χ3n) is 2.42. The number of fused-ring (bicyclic) bond motifs is 1. The van der Waals surface area contributed by atoms with Crippen LogP contribution in [0.5, 0.6) is 0 Å². The van der Waals surface area contributed by atoms with Crippen molar-refractivity contribution < 1.29 is 18.7 Å². The number of hydrogen-bond donors (Lipinski definition) is 3. The first-order chi connectivity index (χ1) is 9.08. The van der Waals surface area contributed by atoms with Crippen LogP contribution in [0.1, 0.15) is 6.92 Å². The molecular weight excluding hydrogens is 287 g/mol. The monoisotopic (exact) mass is 304 g/mol. The Balaban J connectivity index is 0.00000200. The second-order valence-corrected chi connectivity index (χ2v) is 4.65. The van der Waals surface area contributed by atoms with Crippen molar-refractivity contribution in [2.45, 2.75) is 19.6 Å². The van der Waals surface area contributed by atoms with Crippen LogP contribution >= 0.6 is 8.25 Å². The highest BCUT2D eigenvalue weighted by atomic mass is 31.1. The van der Waals surface area contributed by atoms with Gasteiger partial charge in [0, 0.05) is 0 Å². The number of hydrogen-bond acceptors (Lipinski definition) is 8. The Kier molecular flexibility index (Phi) is 5.99. The maximum atomic E-state index is 10.3. The van der Waals surface area contributed by atoms with Gasteiger partial charge in [-0.15, -0.1) is 0 Å². The lowest BCUT2D eigenvalue weighted by Gasteiger charge is -2.13. The number of ether oxygens (including phenoxy) is 1. The van der Waals surface area contributed by atoms with Gasteiger partial charge in [0.25, 0.3) is 0 Å². The molecule has 0 aliphatic rings. The fourth-order valence-electron chi connectivity index (χ4n) is 1.56. The van der Waals surface area contributed by atoms with E-state index >= 15 is 0 Å². The molecule has 2 aromatic heterocycles. The molecular formula is C9H17N6O4P. The predicted octanol–water partition coefficient (Wildman–Crippen LogP) is 0.332. The Labute approximate surface area is 115 Å². The summed E-state index contributed by atoms with van der Waals surface area (Å²) in [6.07, 6.45) is 2.71. The summed E-state index contributed by atoms with van der Waals surface area (Å²) in [7, 11) is -2.96. The Hall–Kier alpha value is -1.58. The zero-order chi connectivity index (χ0) is 13.8. The molecule has 2 atom stereocenters. The Bertz CT molecular complexity index is 591. The minimum Gasteiger partial charge on any atom is -0.382 e. The summed E-state index contributed by atoms with van der Waals surface area (Å²) >= 11 is 0. The largest absolute Gasteiger partial charge is 0.382 e. The molecule has 0 fully saturated rings. The lowest BCUT2D eigenvalue weighted by atomic mass is 10.4. The van der Waals surface area contributed by atoms with Crippen LogP contribution in [0.25, 0.3) is 11.2 Å². The van der Waals surface area contributed by atoms with Gasteiger partial charge < -0.3 is 26.1 Å². The first-order valence-corrected chi connectivity index (χ1v) is 6.73. The number of nitrogen functional groups attached to an aromatic ring is 1. The van der Waals surface area contributed by atoms with Gasteiger partial charge in [0.05, 0.1) is 19.0 Å². The smallest absolute Gasteiger partial charge is 0.318 e. The van der Waals surface area contributed by atoms with Crippen molar-refractivity contribution in [2.24, 2.45) is 0 Å². The molecule has 10 nitrogen and oxygen atoms in total. The van der Waals surface area contributed by atoms with Gasteiger partial charge in [-0.2, -0.15) is 0 Å². The number of anilines is 1. The summed E-state index contributed by atoms with van der Waals surface area (Å²) in [6, 6.07) is 0. The quantitative estimate of drug-likeness (QED) is 0.504. The van der Waals surface area contributed by atoms with Gasteiger partial charge in [-0.25, -0.2) is 15.0 Å². The number of imidazole rings is 1. The Morgan fingerprint density at radius 2 is 2.25 bits per heavy atom. The molecule has 2 aromatic rings. The number of aromatic nitrogens is 4. The van der Waals surface area contributed by atoms with Gasteiger partial charge in [0.1, 0.15) is 11.8 Å². The molecule has 2 heterocycles. The van der Waals surface area contributed by atoms with Crippen LogP contribution in [0.4, 0.5) is 5.82 Å². The molecule has 0 amide bonds. The lowest BCUT2D eigenvalue weighted by molar-refractivity contribution is -0.0346. The molecule has 11 heteroatoms. The Morgan fingerprint density at radius 1 is 1.50 bits per heavy atom. The normalized spacial score (nSPS) is 13.9. The van der Waals surface area contributed by atoms with Crippen LogP contribution in [0, 0.1) is 0 Å². The summed E-state index contributed by atoms with van der Waals surface area (Å²) in [5.41, 5.74) is 6.82. The van der Waals surface area contributed by atoms with Crippen LogP contribution in [-0.4, -0.2) is 37.3 Å². The minimum atomic E-state index is -2.96. The third kappa shape index (κ3) is 3.95. The van der Waals surface area contributed by atoms with E-state index in [2.05, 4.69) is 19.5 Å². The molecule has 0 radical (unpaired) electrons. The van der Waals surface area contributed by atoms with E-state index in [1.165, 1.54) is 6.33 Å². The fraction of sp³-hybridized carbons (Fsp3) is 0.444. The zero-order valence-corrected chi connectivity index (χ0v) is 11.9. The topological polar surface area (TPSA) is 160 Å². The summed E-state index contributed by atoms with van der Waals surface area (Å²) in [4.78, 5) is 20.6. The van der Waals surface area contributed by atoms with Crippen molar-refractivity contribution in [1.82, 2.24) is 25.7 Å². The molecule has 20 heavy (non-hydrogen) atoms. The van der Waals surface area contributed by atoms with E-state index in [1.807, 2.05) is 0 Å². The van der Waals surface area contributed by atoms with Crippen LogP contribution in [-0.2, 0) is 20.4 Å². The van der Waals surface area contributed by atoms with Gasteiger partial charge >= 0.3 is 8.25 Å². The standard InChI is InChI=1S/C9H14N5O4P.H3N/c1-6(17-5-18-19(15)16)2-14-4-13-7-8(10)11-3-12-9(7)14;/h3-4,6,19H,2,5H2,1H3,(H,15,16)(H2,10,11,12);1H3/t6-;/m1./s1. The molecule has 0 bridgehead atoms. The van der Waals surface area contributed by atoms with E-state index in [1.54, 1.807) is 17.8 Å². The molecule has 0 saturated heterocycles. The number of nitrogens with two attached hydrogens (primary N) is 1. The van der Waals surface area contributed by atoms with Gasteiger partial charge in [-0.05, 0) is 6.92 Å². The van der Waals surface area contributed by atoms with Crippen molar-refractivity contribution in [3.05, 3.63) is 12.7 Å². The number of nitrogens with zero attached hydrogens (tertiary/aromatic N) is 4. The van der Waals surface area contributed by atoms with Crippen LogP contribution < -0.4 is 11.9 Å². The third-order valence-corrected chi connectivity index (χ3v) is 2.78. The molecule has 2 rings (SSSR count). The van der Waals surface area contributed by atoms with E-state index in [4.69, 9.17) is 15.4 Å². The van der Waals surface area contributed by atoms with Crippen LogP contribution in [0.2, 0.25) is 0 Å². The van der Waals surface area contributed by atoms with Crippen molar-refractivity contribution in [3.63, 3.8) is 0 Å². The summed E-state index contributed by atoms with van der Waals surface area (Å²) in [5.74, 6) is 0.319. The second kappa shape index (κ2) is 7.27. The molecule has 1 unspecified atom stereocenters. The van der Waals surface area contributed by atoms with E-state index in [-0.39, 0.29) is 19.0 Å². The van der Waals surface area contributed by atoms with E-state index in [0.717, 1.165) is 0 Å². The fourth-order valence-corrected chi connectivity index (χ4v) is 1.73. The average Bonchev–Trinajstić information content (AvgIpc) is 2.73. The van der Waals surface area contributed by atoms with Gasteiger partial charge in [-0.3, -0.25) is 9.09 Å². The maximum Gasteiger partial charge on any atom is 0.318 e. The van der Waals surface area contributed by atoms with Crippen molar-refractivity contribution >= 4 is 25.2 Å². The van der Waals surface area contributed by atoms with E-state index < -0.39 is 8.25 Å². The first kappa shape index (κ1) is 16.5. The average molecular weight is 304 g/mol.